The van der Waals surface area contributed by atoms with Gasteiger partial charge in [0.05, 0.1) is 11.6 Å². The van der Waals surface area contributed by atoms with E-state index in [1.54, 1.807) is 24.3 Å². The van der Waals surface area contributed by atoms with Crippen molar-refractivity contribution in [3.05, 3.63) is 102 Å². The lowest BCUT2D eigenvalue weighted by atomic mass is 9.99. The van der Waals surface area contributed by atoms with Crippen LogP contribution in [0, 0.1) is 11.3 Å². The highest BCUT2D eigenvalue weighted by Gasteiger charge is 2.16. The Labute approximate surface area is 159 Å². The molecule has 3 aromatic carbocycles. The van der Waals surface area contributed by atoms with Crippen LogP contribution in [0.3, 0.4) is 0 Å². The Balaban J connectivity index is 1.68. The molecule has 0 heterocycles. The predicted octanol–water partition coefficient (Wildman–Crippen LogP) is 4.04. The molecule has 0 saturated heterocycles. The Bertz CT molecular complexity index is 918. The van der Waals surface area contributed by atoms with Crippen molar-refractivity contribution in [3.63, 3.8) is 0 Å². The van der Waals surface area contributed by atoms with Crippen LogP contribution in [0.2, 0.25) is 0 Å². The summed E-state index contributed by atoms with van der Waals surface area (Å²) in [6.45, 7) is -0.142. The van der Waals surface area contributed by atoms with E-state index in [1.165, 1.54) is 0 Å². The number of nitrogens with zero attached hydrogens (tertiary/aromatic N) is 1. The molecular formula is C23H20N2O2. The summed E-state index contributed by atoms with van der Waals surface area (Å²) < 4.78 is 5.54. The maximum atomic E-state index is 12.5. The number of rotatable bonds is 7. The van der Waals surface area contributed by atoms with Gasteiger partial charge in [0.2, 0.25) is 0 Å². The van der Waals surface area contributed by atoms with Gasteiger partial charge in [-0.1, -0.05) is 72.8 Å². The Morgan fingerprint density at radius 3 is 2.26 bits per heavy atom. The van der Waals surface area contributed by atoms with Crippen molar-refractivity contribution < 1.29 is 9.53 Å². The molecule has 0 saturated carbocycles. The highest BCUT2D eigenvalue weighted by molar-refractivity contribution is 5.78. The van der Waals surface area contributed by atoms with Crippen molar-refractivity contribution in [1.29, 1.82) is 5.26 Å². The summed E-state index contributed by atoms with van der Waals surface area (Å²) in [5, 5.41) is 12.2. The minimum Gasteiger partial charge on any atom is -0.482 e. The molecule has 0 bridgehead atoms. The molecule has 0 aliphatic carbocycles. The van der Waals surface area contributed by atoms with E-state index >= 15 is 0 Å². The Morgan fingerprint density at radius 1 is 0.926 bits per heavy atom. The summed E-state index contributed by atoms with van der Waals surface area (Å²) in [6, 6.07) is 28.7. The number of amides is 1. The first kappa shape index (κ1) is 18.2. The molecule has 134 valence electrons. The zero-order chi connectivity index (χ0) is 18.9. The molecule has 1 atom stereocenters. The van der Waals surface area contributed by atoms with Gasteiger partial charge in [0.1, 0.15) is 11.8 Å². The molecule has 0 aromatic heterocycles. The van der Waals surface area contributed by atoms with Gasteiger partial charge in [-0.3, -0.25) is 4.79 Å². The summed E-state index contributed by atoms with van der Waals surface area (Å²) in [7, 11) is 0. The predicted molar refractivity (Wildman–Crippen MR) is 104 cm³/mol. The molecule has 0 aliphatic heterocycles. The molecule has 3 rings (SSSR count). The van der Waals surface area contributed by atoms with Gasteiger partial charge in [-0.05, 0) is 29.7 Å². The van der Waals surface area contributed by atoms with Gasteiger partial charge in [0, 0.05) is 0 Å². The van der Waals surface area contributed by atoms with Crippen LogP contribution in [0.15, 0.2) is 84.9 Å². The molecule has 0 aliphatic rings. The van der Waals surface area contributed by atoms with E-state index in [2.05, 4.69) is 11.4 Å². The van der Waals surface area contributed by atoms with E-state index in [0.717, 1.165) is 11.1 Å². The van der Waals surface area contributed by atoms with Gasteiger partial charge < -0.3 is 10.1 Å². The molecule has 0 fully saturated rings. The number of nitrogens with one attached hydrogen (secondary N) is 1. The molecule has 1 N–H and O–H groups in total. The number of carbonyl (C=O) groups excluding carboxylic acids is 1. The summed E-state index contributed by atoms with van der Waals surface area (Å²) >= 11 is 0. The van der Waals surface area contributed by atoms with E-state index in [1.807, 2.05) is 60.7 Å². The summed E-state index contributed by atoms with van der Waals surface area (Å²) in [4.78, 5) is 12.5. The quantitative estimate of drug-likeness (QED) is 0.695. The molecule has 27 heavy (non-hydrogen) atoms. The van der Waals surface area contributed by atoms with Crippen molar-refractivity contribution in [2.75, 3.05) is 6.61 Å². The van der Waals surface area contributed by atoms with E-state index in [-0.39, 0.29) is 18.6 Å². The Morgan fingerprint density at radius 2 is 1.56 bits per heavy atom. The van der Waals surface area contributed by atoms with E-state index in [4.69, 9.17) is 10.00 Å². The van der Waals surface area contributed by atoms with Crippen LogP contribution in [0.25, 0.3) is 0 Å². The van der Waals surface area contributed by atoms with E-state index in [0.29, 0.717) is 17.7 Å². The second kappa shape index (κ2) is 9.21. The third-order valence-electron chi connectivity index (χ3n) is 4.19. The SMILES string of the molecule is N#Cc1ccccc1OCC(=O)N[C@H](Cc1ccccc1)c1ccccc1. The minimum atomic E-state index is -0.229. The van der Waals surface area contributed by atoms with Crippen LogP contribution in [-0.2, 0) is 11.2 Å². The van der Waals surface area contributed by atoms with Gasteiger partial charge in [0.25, 0.3) is 5.91 Å². The largest absolute Gasteiger partial charge is 0.482 e. The third-order valence-corrected chi connectivity index (χ3v) is 4.19. The zero-order valence-corrected chi connectivity index (χ0v) is 14.8. The maximum Gasteiger partial charge on any atom is 0.258 e. The van der Waals surface area contributed by atoms with Crippen LogP contribution >= 0.6 is 0 Å². The van der Waals surface area contributed by atoms with Crippen molar-refractivity contribution in [1.82, 2.24) is 5.32 Å². The van der Waals surface area contributed by atoms with Gasteiger partial charge >= 0.3 is 0 Å². The molecule has 4 heteroatoms. The number of carbonyl (C=O) groups is 1. The topological polar surface area (TPSA) is 62.1 Å². The van der Waals surface area contributed by atoms with Crippen molar-refractivity contribution in [2.45, 2.75) is 12.5 Å². The molecule has 4 nitrogen and oxygen atoms in total. The fourth-order valence-corrected chi connectivity index (χ4v) is 2.85. The van der Waals surface area contributed by atoms with Gasteiger partial charge in [-0.2, -0.15) is 5.26 Å². The molecule has 0 radical (unpaired) electrons. The summed E-state index contributed by atoms with van der Waals surface area (Å²) in [5.74, 6) is 0.182. The van der Waals surface area contributed by atoms with E-state index < -0.39 is 0 Å². The van der Waals surface area contributed by atoms with Crippen molar-refractivity contribution in [2.24, 2.45) is 0 Å². The number of nitriles is 1. The standard InChI is InChI=1S/C23H20N2O2/c24-16-20-13-7-8-14-22(20)27-17-23(26)25-21(19-11-5-2-6-12-19)15-18-9-3-1-4-10-18/h1-14,21H,15,17H2,(H,25,26)/t21-/m1/s1. The van der Waals surface area contributed by atoms with Gasteiger partial charge in [0.15, 0.2) is 6.61 Å². The van der Waals surface area contributed by atoms with Crippen molar-refractivity contribution >= 4 is 5.91 Å². The number of ether oxygens (including phenoxy) is 1. The average molecular weight is 356 g/mol. The average Bonchev–Trinajstić information content (AvgIpc) is 2.73. The third kappa shape index (κ3) is 5.20. The molecule has 3 aromatic rings. The molecule has 1 amide bonds. The maximum absolute atomic E-state index is 12.5. The van der Waals surface area contributed by atoms with Gasteiger partial charge in [-0.15, -0.1) is 0 Å². The Hall–Kier alpha value is -3.58. The second-order valence-corrected chi connectivity index (χ2v) is 6.12. The smallest absolute Gasteiger partial charge is 0.258 e. The van der Waals surface area contributed by atoms with E-state index in [9.17, 15) is 4.79 Å². The van der Waals surface area contributed by atoms with Gasteiger partial charge in [-0.25, -0.2) is 0 Å². The van der Waals surface area contributed by atoms with Crippen molar-refractivity contribution in [3.8, 4) is 11.8 Å². The lowest BCUT2D eigenvalue weighted by molar-refractivity contribution is -0.123. The monoisotopic (exact) mass is 356 g/mol. The molecule has 0 unspecified atom stereocenters. The fraction of sp³-hybridized carbons (Fsp3) is 0.130. The number of hydrogen-bond donors (Lipinski definition) is 1. The molecule has 0 spiro atoms. The first-order valence-electron chi connectivity index (χ1n) is 8.76. The number of benzene rings is 3. The van der Waals surface area contributed by atoms with Crippen LogP contribution < -0.4 is 10.1 Å². The Kier molecular flexibility index (Phi) is 6.21. The number of hydrogen-bond acceptors (Lipinski definition) is 3. The second-order valence-electron chi connectivity index (χ2n) is 6.12. The summed E-state index contributed by atoms with van der Waals surface area (Å²) in [5.41, 5.74) is 2.59. The highest BCUT2D eigenvalue weighted by atomic mass is 16.5. The van der Waals surface area contributed by atoms with Crippen LogP contribution in [0.4, 0.5) is 0 Å². The lowest BCUT2D eigenvalue weighted by Gasteiger charge is -2.20. The first-order chi connectivity index (χ1) is 13.3. The van der Waals surface area contributed by atoms with Crippen LogP contribution in [0.1, 0.15) is 22.7 Å². The fourth-order valence-electron chi connectivity index (χ4n) is 2.85. The van der Waals surface area contributed by atoms with Crippen LogP contribution in [0.5, 0.6) is 5.75 Å². The minimum absolute atomic E-state index is 0.142. The summed E-state index contributed by atoms with van der Waals surface area (Å²) in [6.07, 6.45) is 0.686. The zero-order valence-electron chi connectivity index (χ0n) is 14.8. The lowest BCUT2D eigenvalue weighted by Crippen LogP contribution is -2.33. The highest BCUT2D eigenvalue weighted by Crippen LogP contribution is 2.19. The molecular weight excluding hydrogens is 336 g/mol. The van der Waals surface area contributed by atoms with Crippen LogP contribution in [-0.4, -0.2) is 12.5 Å². The number of para-hydroxylation sites is 1. The first-order valence-corrected chi connectivity index (χ1v) is 8.76. The normalized spacial score (nSPS) is 11.2.